The maximum atomic E-state index is 13.4. The molecule has 0 bridgehead atoms. The number of hydrogen-bond acceptors (Lipinski definition) is 2. The van der Waals surface area contributed by atoms with Crippen LogP contribution in [0.3, 0.4) is 0 Å². The first-order chi connectivity index (χ1) is 13.9. The van der Waals surface area contributed by atoms with Crippen LogP contribution >= 0.6 is 0 Å². The van der Waals surface area contributed by atoms with E-state index in [1.807, 2.05) is 54.6 Å². The van der Waals surface area contributed by atoms with E-state index in [0.717, 1.165) is 5.56 Å². The third-order valence-corrected chi connectivity index (χ3v) is 4.70. The molecule has 150 valence electrons. The lowest BCUT2D eigenvalue weighted by Gasteiger charge is -2.25. The van der Waals surface area contributed by atoms with Gasteiger partial charge in [0.25, 0.3) is 5.91 Å². The van der Waals surface area contributed by atoms with Gasteiger partial charge < -0.3 is 9.64 Å². The molecule has 0 aromatic heterocycles. The Kier molecular flexibility index (Phi) is 6.32. The van der Waals surface area contributed by atoms with Crippen LogP contribution in [-0.4, -0.2) is 12.6 Å². The second-order valence-electron chi connectivity index (χ2n) is 7.94. The number of alkyl halides is 1. The number of nitrogens with zero attached hydrogens (tertiary/aromatic N) is 1. The summed E-state index contributed by atoms with van der Waals surface area (Å²) in [4.78, 5) is 13.9. The molecule has 0 saturated carbocycles. The smallest absolute Gasteiger partial charge is 0.258 e. The van der Waals surface area contributed by atoms with Crippen molar-refractivity contribution in [2.24, 2.45) is 0 Å². The summed E-state index contributed by atoms with van der Waals surface area (Å²) in [6.07, 6.45) is 0. The summed E-state index contributed by atoms with van der Waals surface area (Å²) in [5.74, 6) is 0.558. The number of hydrogen-bond donors (Lipinski definition) is 0. The Morgan fingerprint density at radius 1 is 0.897 bits per heavy atom. The van der Waals surface area contributed by atoms with Crippen LogP contribution in [0.5, 0.6) is 11.5 Å². The molecule has 0 saturated heterocycles. The lowest BCUT2D eigenvalue weighted by molar-refractivity contribution is -0.119. The number of carbonyl (C=O) groups excluding carboxylic acids is 1. The van der Waals surface area contributed by atoms with Crippen LogP contribution < -0.4 is 9.64 Å². The Morgan fingerprint density at radius 3 is 2.14 bits per heavy atom. The molecular weight excluding hydrogens is 365 g/mol. The van der Waals surface area contributed by atoms with E-state index in [9.17, 15) is 9.18 Å². The fourth-order valence-corrected chi connectivity index (χ4v) is 3.05. The van der Waals surface area contributed by atoms with Crippen molar-refractivity contribution in [3.8, 4) is 11.5 Å². The highest BCUT2D eigenvalue weighted by atomic mass is 19.1. The minimum absolute atomic E-state index is 0.0447. The van der Waals surface area contributed by atoms with Crippen LogP contribution in [0.25, 0.3) is 0 Å². The zero-order valence-corrected chi connectivity index (χ0v) is 17.1. The summed E-state index contributed by atoms with van der Waals surface area (Å²) < 4.78 is 19.3. The zero-order valence-electron chi connectivity index (χ0n) is 17.1. The van der Waals surface area contributed by atoms with Gasteiger partial charge in [-0.2, -0.15) is 0 Å². The largest absolute Gasteiger partial charge is 0.455 e. The first-order valence-corrected chi connectivity index (χ1v) is 9.66. The SMILES string of the molecule is CC(C)(C)c1ccc(CN(C(=O)CF)c2ccccc2Oc2ccccc2)cc1. The molecule has 0 radical (unpaired) electrons. The minimum atomic E-state index is -1.07. The van der Waals surface area contributed by atoms with Gasteiger partial charge in [-0.05, 0) is 40.8 Å². The van der Waals surface area contributed by atoms with E-state index in [-0.39, 0.29) is 12.0 Å². The molecule has 0 atom stereocenters. The third kappa shape index (κ3) is 5.23. The maximum Gasteiger partial charge on any atom is 0.258 e. The highest BCUT2D eigenvalue weighted by Gasteiger charge is 2.21. The predicted octanol–water partition coefficient (Wildman–Crippen LogP) is 6.28. The molecule has 0 spiro atoms. The number of ether oxygens (including phenoxy) is 1. The van der Waals surface area contributed by atoms with Crippen molar-refractivity contribution >= 4 is 11.6 Å². The molecule has 0 heterocycles. The zero-order chi connectivity index (χ0) is 20.9. The molecule has 29 heavy (non-hydrogen) atoms. The summed E-state index contributed by atoms with van der Waals surface area (Å²) in [5, 5.41) is 0. The fourth-order valence-electron chi connectivity index (χ4n) is 3.05. The van der Waals surface area contributed by atoms with E-state index in [1.165, 1.54) is 10.5 Å². The molecule has 0 aliphatic carbocycles. The van der Waals surface area contributed by atoms with Gasteiger partial charge in [-0.3, -0.25) is 4.79 Å². The number of amides is 1. The molecule has 3 aromatic carbocycles. The van der Waals surface area contributed by atoms with Crippen molar-refractivity contribution in [2.75, 3.05) is 11.6 Å². The third-order valence-electron chi connectivity index (χ3n) is 4.70. The number of carbonyl (C=O) groups is 1. The summed E-state index contributed by atoms with van der Waals surface area (Å²) >= 11 is 0. The summed E-state index contributed by atoms with van der Waals surface area (Å²) in [5.41, 5.74) is 2.72. The van der Waals surface area contributed by atoms with Crippen molar-refractivity contribution < 1.29 is 13.9 Å². The molecule has 0 unspecified atom stereocenters. The number of rotatable bonds is 6. The van der Waals surface area contributed by atoms with Crippen LogP contribution in [0.2, 0.25) is 0 Å². The van der Waals surface area contributed by atoms with Crippen molar-refractivity contribution in [3.05, 3.63) is 90.0 Å². The van der Waals surface area contributed by atoms with Crippen LogP contribution in [0, 0.1) is 0 Å². The number of halogens is 1. The van der Waals surface area contributed by atoms with E-state index >= 15 is 0 Å². The molecule has 1 amide bonds. The second kappa shape index (κ2) is 8.91. The predicted molar refractivity (Wildman–Crippen MR) is 115 cm³/mol. The van der Waals surface area contributed by atoms with Crippen LogP contribution in [0.4, 0.5) is 10.1 Å². The van der Waals surface area contributed by atoms with Gasteiger partial charge in [0.05, 0.1) is 12.2 Å². The Balaban J connectivity index is 1.91. The van der Waals surface area contributed by atoms with Crippen molar-refractivity contribution in [1.82, 2.24) is 0 Å². The Hall–Kier alpha value is -3.14. The van der Waals surface area contributed by atoms with E-state index in [1.54, 1.807) is 12.1 Å². The van der Waals surface area contributed by atoms with E-state index in [0.29, 0.717) is 17.2 Å². The number of anilines is 1. The normalized spacial score (nSPS) is 11.2. The Bertz CT molecular complexity index is 947. The monoisotopic (exact) mass is 391 g/mol. The van der Waals surface area contributed by atoms with Crippen LogP contribution in [0.1, 0.15) is 31.9 Å². The topological polar surface area (TPSA) is 29.5 Å². The van der Waals surface area contributed by atoms with Crippen molar-refractivity contribution in [2.45, 2.75) is 32.7 Å². The lowest BCUT2D eigenvalue weighted by atomic mass is 9.87. The fraction of sp³-hybridized carbons (Fsp3) is 0.240. The van der Waals surface area contributed by atoms with E-state index < -0.39 is 12.6 Å². The molecule has 3 rings (SSSR count). The summed E-state index contributed by atoms with van der Waals surface area (Å²) in [6, 6.07) is 24.6. The van der Waals surface area contributed by atoms with Gasteiger partial charge in [0.1, 0.15) is 5.75 Å². The highest BCUT2D eigenvalue weighted by Crippen LogP contribution is 2.33. The maximum absolute atomic E-state index is 13.4. The molecule has 4 heteroatoms. The summed E-state index contributed by atoms with van der Waals surface area (Å²) in [6.45, 7) is 5.65. The molecule has 3 nitrogen and oxygen atoms in total. The minimum Gasteiger partial charge on any atom is -0.455 e. The van der Waals surface area contributed by atoms with Crippen LogP contribution in [0.15, 0.2) is 78.9 Å². The van der Waals surface area contributed by atoms with Crippen LogP contribution in [-0.2, 0) is 16.8 Å². The van der Waals surface area contributed by atoms with Gasteiger partial charge in [-0.15, -0.1) is 0 Å². The average molecular weight is 391 g/mol. The number of para-hydroxylation sites is 3. The molecule has 0 aliphatic heterocycles. The standard InChI is InChI=1S/C25H26FNO2/c1-25(2,3)20-15-13-19(14-16-20)18-27(24(28)17-26)22-11-7-8-12-23(22)29-21-9-5-4-6-10-21/h4-16H,17-18H2,1-3H3. The van der Waals surface area contributed by atoms with Gasteiger partial charge >= 0.3 is 0 Å². The highest BCUT2D eigenvalue weighted by molar-refractivity contribution is 5.95. The Morgan fingerprint density at radius 2 is 1.52 bits per heavy atom. The van der Waals surface area contributed by atoms with E-state index in [2.05, 4.69) is 32.9 Å². The lowest BCUT2D eigenvalue weighted by Crippen LogP contribution is -2.32. The first-order valence-electron chi connectivity index (χ1n) is 9.66. The van der Waals surface area contributed by atoms with Gasteiger partial charge in [0.2, 0.25) is 0 Å². The molecule has 0 aliphatic rings. The van der Waals surface area contributed by atoms with Gasteiger partial charge in [0, 0.05) is 0 Å². The molecule has 0 fully saturated rings. The number of benzene rings is 3. The second-order valence-corrected chi connectivity index (χ2v) is 7.94. The van der Waals surface area contributed by atoms with Gasteiger partial charge in [-0.1, -0.05) is 75.4 Å². The Labute approximate surface area is 171 Å². The quantitative estimate of drug-likeness (QED) is 0.495. The molecule has 3 aromatic rings. The summed E-state index contributed by atoms with van der Waals surface area (Å²) in [7, 11) is 0. The van der Waals surface area contributed by atoms with Gasteiger partial charge in [-0.25, -0.2) is 4.39 Å². The average Bonchev–Trinajstić information content (AvgIpc) is 2.72. The van der Waals surface area contributed by atoms with Crippen molar-refractivity contribution in [1.29, 1.82) is 0 Å². The first kappa shape index (κ1) is 20.6. The van der Waals surface area contributed by atoms with E-state index in [4.69, 9.17) is 4.74 Å². The molecule has 0 N–H and O–H groups in total. The molecular formula is C25H26FNO2. The van der Waals surface area contributed by atoms with Gasteiger partial charge in [0.15, 0.2) is 12.4 Å². The van der Waals surface area contributed by atoms with Crippen molar-refractivity contribution in [3.63, 3.8) is 0 Å².